The van der Waals surface area contributed by atoms with Crippen molar-refractivity contribution >= 4 is 46.4 Å². The van der Waals surface area contributed by atoms with Gasteiger partial charge in [-0.15, -0.1) is 0 Å². The second-order valence-electron chi connectivity index (χ2n) is 5.49. The second-order valence-corrected chi connectivity index (χ2v) is 6.37. The first-order chi connectivity index (χ1) is 10.9. The minimum atomic E-state index is -0.430. The molecule has 1 unspecified atom stereocenters. The van der Waals surface area contributed by atoms with Gasteiger partial charge in [-0.3, -0.25) is 0 Å². The Balaban J connectivity index is 2.32. The van der Waals surface area contributed by atoms with Crippen LogP contribution in [-0.2, 0) is 0 Å². The van der Waals surface area contributed by atoms with Crippen LogP contribution in [0.5, 0.6) is 0 Å². The number of benzene rings is 1. The molecule has 0 heterocycles. The third-order valence-corrected chi connectivity index (χ3v) is 3.68. The molecule has 1 aromatic rings. The van der Waals surface area contributed by atoms with Crippen LogP contribution in [0.3, 0.4) is 0 Å². The molecule has 0 aromatic heterocycles. The molecule has 1 aliphatic rings. The van der Waals surface area contributed by atoms with Gasteiger partial charge in [0.1, 0.15) is 0 Å². The Bertz CT molecular complexity index is 702. The third-order valence-electron chi connectivity index (χ3n) is 3.48. The molecule has 0 radical (unpaired) electrons. The zero-order valence-corrected chi connectivity index (χ0v) is 14.5. The van der Waals surface area contributed by atoms with Gasteiger partial charge in [0.05, 0.1) is 5.54 Å². The van der Waals surface area contributed by atoms with Gasteiger partial charge >= 0.3 is 0 Å². The van der Waals surface area contributed by atoms with Crippen LogP contribution in [0.25, 0.3) is 6.08 Å². The molecule has 23 heavy (non-hydrogen) atoms. The topological polar surface area (TPSA) is 76.1 Å². The predicted octanol–water partition coefficient (Wildman–Crippen LogP) is 2.83. The molecule has 1 aliphatic carbocycles. The van der Waals surface area contributed by atoms with E-state index < -0.39 is 5.54 Å². The maximum Gasteiger partial charge on any atom is 0.168 e. The van der Waals surface area contributed by atoms with Crippen LogP contribution in [0, 0.1) is 0 Å². The van der Waals surface area contributed by atoms with Gasteiger partial charge < -0.3 is 22.1 Å². The van der Waals surface area contributed by atoms with Crippen LogP contribution in [0.2, 0.25) is 0 Å². The van der Waals surface area contributed by atoms with E-state index in [1.807, 2.05) is 36.4 Å². The Morgan fingerprint density at radius 1 is 1.22 bits per heavy atom. The molecule has 0 saturated carbocycles. The molecule has 0 bridgehead atoms. The lowest BCUT2D eigenvalue weighted by Crippen LogP contribution is -2.48. The average molecular weight is 345 g/mol. The van der Waals surface area contributed by atoms with Gasteiger partial charge in [0.25, 0.3) is 0 Å². The molecule has 4 nitrogen and oxygen atoms in total. The summed E-state index contributed by atoms with van der Waals surface area (Å²) in [6.07, 6.45) is 11.0. The number of rotatable bonds is 4. The summed E-state index contributed by atoms with van der Waals surface area (Å²) in [6, 6.07) is 7.80. The number of para-hydroxylation sites is 1. The quantitative estimate of drug-likeness (QED) is 0.629. The van der Waals surface area contributed by atoms with E-state index in [1.54, 1.807) is 0 Å². The maximum atomic E-state index is 5.71. The normalized spacial score (nSPS) is 20.1. The van der Waals surface area contributed by atoms with Crippen molar-refractivity contribution in [2.24, 2.45) is 11.5 Å². The first-order valence-electron chi connectivity index (χ1n) is 7.17. The first kappa shape index (κ1) is 17.2. The molecule has 2 rings (SSSR count). The van der Waals surface area contributed by atoms with Crippen molar-refractivity contribution in [3.63, 3.8) is 0 Å². The van der Waals surface area contributed by atoms with E-state index in [0.29, 0.717) is 0 Å². The van der Waals surface area contributed by atoms with Crippen molar-refractivity contribution in [2.75, 3.05) is 5.32 Å². The van der Waals surface area contributed by atoms with Gasteiger partial charge in [-0.1, -0.05) is 54.2 Å². The highest BCUT2D eigenvalue weighted by Crippen LogP contribution is 2.26. The van der Waals surface area contributed by atoms with Crippen molar-refractivity contribution in [1.82, 2.24) is 5.32 Å². The van der Waals surface area contributed by atoms with Crippen LogP contribution in [-0.4, -0.2) is 15.8 Å². The summed E-state index contributed by atoms with van der Waals surface area (Å²) in [5, 5.41) is 6.66. The summed E-state index contributed by atoms with van der Waals surface area (Å²) >= 11 is 9.95. The number of hydrogen-bond donors (Lipinski definition) is 4. The van der Waals surface area contributed by atoms with Gasteiger partial charge in [-0.05, 0) is 49.4 Å². The van der Waals surface area contributed by atoms with Gasteiger partial charge in [0.15, 0.2) is 10.2 Å². The van der Waals surface area contributed by atoms with E-state index in [-0.39, 0.29) is 10.2 Å². The van der Waals surface area contributed by atoms with Crippen LogP contribution in [0.1, 0.15) is 18.9 Å². The smallest absolute Gasteiger partial charge is 0.168 e. The molecular weight excluding hydrogens is 324 g/mol. The van der Waals surface area contributed by atoms with Gasteiger partial charge in [-0.2, -0.15) is 0 Å². The van der Waals surface area contributed by atoms with Crippen LogP contribution < -0.4 is 22.1 Å². The Morgan fingerprint density at radius 3 is 2.61 bits per heavy atom. The molecule has 0 amide bonds. The molecule has 0 spiro atoms. The monoisotopic (exact) mass is 344 g/mol. The molecule has 6 heteroatoms. The number of hydrogen-bond acceptors (Lipinski definition) is 2. The van der Waals surface area contributed by atoms with Crippen molar-refractivity contribution in [1.29, 1.82) is 0 Å². The second kappa shape index (κ2) is 7.39. The van der Waals surface area contributed by atoms with E-state index in [0.717, 1.165) is 17.7 Å². The highest BCUT2D eigenvalue weighted by Gasteiger charge is 2.26. The van der Waals surface area contributed by atoms with E-state index in [4.69, 9.17) is 35.9 Å². The lowest BCUT2D eigenvalue weighted by atomic mass is 9.86. The highest BCUT2D eigenvalue weighted by atomic mass is 32.1. The number of nitrogens with one attached hydrogen (secondary N) is 2. The number of nitrogens with two attached hydrogens (primary N) is 2. The summed E-state index contributed by atoms with van der Waals surface area (Å²) in [6.45, 7) is 2.08. The molecule has 0 saturated heterocycles. The largest absolute Gasteiger partial charge is 0.376 e. The van der Waals surface area contributed by atoms with E-state index >= 15 is 0 Å². The predicted molar refractivity (Wildman–Crippen MR) is 106 cm³/mol. The van der Waals surface area contributed by atoms with Gasteiger partial charge in [-0.25, -0.2) is 0 Å². The fourth-order valence-corrected chi connectivity index (χ4v) is 2.86. The number of anilines is 1. The lowest BCUT2D eigenvalue weighted by Gasteiger charge is -2.31. The van der Waals surface area contributed by atoms with E-state index in [9.17, 15) is 0 Å². The Kier molecular flexibility index (Phi) is 5.52. The fourth-order valence-electron chi connectivity index (χ4n) is 2.56. The molecule has 0 aliphatic heterocycles. The lowest BCUT2D eigenvalue weighted by molar-refractivity contribution is 0.573. The van der Waals surface area contributed by atoms with Gasteiger partial charge in [0, 0.05) is 5.69 Å². The number of allylic oxidation sites excluding steroid dienone is 2. The van der Waals surface area contributed by atoms with Crippen molar-refractivity contribution in [2.45, 2.75) is 18.9 Å². The van der Waals surface area contributed by atoms with Crippen molar-refractivity contribution < 1.29 is 0 Å². The first-order valence-corrected chi connectivity index (χ1v) is 7.99. The summed E-state index contributed by atoms with van der Waals surface area (Å²) in [7, 11) is 0. The Morgan fingerprint density at radius 2 is 1.96 bits per heavy atom. The standard InChI is InChI=1S/C17H20N4S2/c1-12-5-4-9-17(11-12,21-16(19)23)10-8-13-6-2-3-7-14(13)20-15(18)22/h2-10H,11H2,1H3,(H3,18,20,22)(H3,19,21,23)/b10-8+. The fraction of sp³-hybridized carbons (Fsp3) is 0.176. The van der Waals surface area contributed by atoms with Crippen molar-refractivity contribution in [3.05, 3.63) is 59.7 Å². The molecular formula is C17H20N4S2. The maximum absolute atomic E-state index is 5.71. The van der Waals surface area contributed by atoms with Gasteiger partial charge in [0.2, 0.25) is 0 Å². The minimum absolute atomic E-state index is 0.234. The third kappa shape index (κ3) is 4.91. The van der Waals surface area contributed by atoms with Crippen LogP contribution in [0.4, 0.5) is 5.69 Å². The van der Waals surface area contributed by atoms with Crippen LogP contribution in [0.15, 0.2) is 54.1 Å². The van der Waals surface area contributed by atoms with Crippen LogP contribution >= 0.6 is 24.4 Å². The Hall–Kier alpha value is -2.18. The summed E-state index contributed by atoms with van der Waals surface area (Å²) in [5.41, 5.74) is 13.9. The molecule has 0 fully saturated rings. The van der Waals surface area contributed by atoms with E-state index in [2.05, 4.69) is 35.8 Å². The molecule has 120 valence electrons. The van der Waals surface area contributed by atoms with E-state index in [1.165, 1.54) is 5.57 Å². The summed E-state index contributed by atoms with van der Waals surface area (Å²) in [5.74, 6) is 0. The molecule has 6 N–H and O–H groups in total. The zero-order valence-electron chi connectivity index (χ0n) is 12.9. The average Bonchev–Trinajstić information content (AvgIpc) is 2.45. The number of thiocarbonyl (C=S) groups is 2. The summed E-state index contributed by atoms with van der Waals surface area (Å²) < 4.78 is 0. The van der Waals surface area contributed by atoms with Crippen molar-refractivity contribution in [3.8, 4) is 0 Å². The minimum Gasteiger partial charge on any atom is -0.376 e. The molecule has 1 atom stereocenters. The molecule has 1 aromatic carbocycles. The highest BCUT2D eigenvalue weighted by molar-refractivity contribution is 7.80. The summed E-state index contributed by atoms with van der Waals surface area (Å²) in [4.78, 5) is 0. The zero-order chi connectivity index (χ0) is 16.9. The Labute approximate surface area is 147 Å². The SMILES string of the molecule is CC1=CC=CC(/C=C/c2ccccc2NC(N)=S)(NC(N)=S)C1.